The van der Waals surface area contributed by atoms with Crippen LogP contribution in [0, 0.1) is 20.8 Å². The van der Waals surface area contributed by atoms with Gasteiger partial charge in [0.25, 0.3) is 0 Å². The number of benzene rings is 4. The zero-order valence-corrected chi connectivity index (χ0v) is 45.4. The summed E-state index contributed by atoms with van der Waals surface area (Å²) in [6.45, 7) is 24.0. The molecule has 7 heterocycles. The maximum absolute atomic E-state index is 4.54. The van der Waals surface area contributed by atoms with Crippen LogP contribution in [0.1, 0.15) is 118 Å². The topological polar surface area (TPSA) is 110 Å². The monoisotopic (exact) mass is 970 g/mol. The quantitative estimate of drug-likeness (QED) is 0.156. The molecule has 11 rings (SSSR count). The van der Waals surface area contributed by atoms with Crippen LogP contribution in [0.5, 0.6) is 0 Å². The van der Waals surface area contributed by atoms with Crippen molar-refractivity contribution >= 4 is 43.7 Å². The van der Waals surface area contributed by atoms with E-state index >= 15 is 0 Å². The van der Waals surface area contributed by atoms with Crippen molar-refractivity contribution in [3.05, 3.63) is 173 Å². The van der Waals surface area contributed by atoms with E-state index in [1.165, 1.54) is 71.9 Å². The van der Waals surface area contributed by atoms with Gasteiger partial charge < -0.3 is 4.57 Å². The van der Waals surface area contributed by atoms with Gasteiger partial charge in [-0.05, 0) is 156 Å². The van der Waals surface area contributed by atoms with E-state index in [2.05, 4.69) is 209 Å². The lowest BCUT2D eigenvalue weighted by atomic mass is 9.98. The molecule has 0 atom stereocenters. The number of hydrogen-bond donors (Lipinski definition) is 0. The van der Waals surface area contributed by atoms with Gasteiger partial charge in [-0.3, -0.25) is 29.0 Å². The van der Waals surface area contributed by atoms with Gasteiger partial charge >= 0.3 is 0 Å². The van der Waals surface area contributed by atoms with Crippen LogP contribution < -0.4 is 0 Å². The minimum absolute atomic E-state index is 0.513. The Bertz CT molecular complexity index is 3560. The first kappa shape index (κ1) is 51.6. The number of nitrogens with zero attached hydrogens (tertiary/aromatic N) is 11. The molecule has 4 aromatic carbocycles. The van der Waals surface area contributed by atoms with Gasteiger partial charge in [0.05, 0.1) is 57.2 Å². The lowest BCUT2D eigenvalue weighted by Crippen LogP contribution is -1.93. The van der Waals surface area contributed by atoms with E-state index in [4.69, 9.17) is 0 Å². The van der Waals surface area contributed by atoms with Crippen LogP contribution in [0.3, 0.4) is 0 Å². The third-order valence-electron chi connectivity index (χ3n) is 13.8. The molecule has 0 radical (unpaired) electrons. The average molecular weight is 970 g/mol. The summed E-state index contributed by atoms with van der Waals surface area (Å²) >= 11 is 0. The Balaban J connectivity index is 0.000000131. The molecule has 0 saturated carbocycles. The molecule has 0 bridgehead atoms. The molecule has 73 heavy (non-hydrogen) atoms. The molecule has 11 aromatic rings. The highest BCUT2D eigenvalue weighted by Crippen LogP contribution is 2.32. The van der Waals surface area contributed by atoms with Gasteiger partial charge in [-0.1, -0.05) is 73.6 Å². The Morgan fingerprint density at radius 3 is 1.49 bits per heavy atom. The first-order valence-electron chi connectivity index (χ1n) is 25.4. The van der Waals surface area contributed by atoms with Crippen LogP contribution in [-0.4, -0.2) is 53.8 Å². The number of aryl methyl sites for hydroxylation is 7. The third kappa shape index (κ3) is 11.5. The van der Waals surface area contributed by atoms with Crippen molar-refractivity contribution in [2.45, 2.75) is 99.8 Å². The molecule has 0 saturated heterocycles. The zero-order valence-electron chi connectivity index (χ0n) is 45.4. The molecule has 0 N–H and O–H groups in total. The van der Waals surface area contributed by atoms with Gasteiger partial charge in [0.1, 0.15) is 0 Å². The molecule has 0 aliphatic rings. The van der Waals surface area contributed by atoms with E-state index in [-0.39, 0.29) is 0 Å². The summed E-state index contributed by atoms with van der Waals surface area (Å²) < 4.78 is 7.66. The molecule has 11 heteroatoms. The number of aromatic nitrogens is 11. The van der Waals surface area contributed by atoms with Crippen molar-refractivity contribution < 1.29 is 0 Å². The fraction of sp³-hybridized carbons (Fsp3) is 0.306. The van der Waals surface area contributed by atoms with Crippen LogP contribution in [0.15, 0.2) is 135 Å². The molecule has 0 aliphatic heterocycles. The number of fused-ring (bicyclic) bond motifs is 4. The summed E-state index contributed by atoms with van der Waals surface area (Å²) in [7, 11) is 7.90. The Hall–Kier alpha value is -7.79. The van der Waals surface area contributed by atoms with E-state index in [0.29, 0.717) is 23.7 Å². The minimum Gasteiger partial charge on any atom is -0.334 e. The van der Waals surface area contributed by atoms with Crippen LogP contribution in [0.4, 0.5) is 0 Å². The second-order valence-corrected chi connectivity index (χ2v) is 20.6. The zero-order chi connectivity index (χ0) is 52.2. The highest BCUT2D eigenvalue weighted by molar-refractivity contribution is 5.90. The van der Waals surface area contributed by atoms with E-state index < -0.39 is 0 Å². The van der Waals surface area contributed by atoms with Gasteiger partial charge in [-0.15, -0.1) is 0 Å². The Labute approximate surface area is 431 Å². The lowest BCUT2D eigenvalue weighted by molar-refractivity contribution is 0.779. The Morgan fingerprint density at radius 2 is 0.918 bits per heavy atom. The van der Waals surface area contributed by atoms with Crippen LogP contribution in [0.2, 0.25) is 0 Å². The Morgan fingerprint density at radius 1 is 0.425 bits per heavy atom. The van der Waals surface area contributed by atoms with Crippen molar-refractivity contribution in [3.63, 3.8) is 0 Å². The largest absolute Gasteiger partial charge is 0.334 e. The molecule has 0 unspecified atom stereocenters. The molecule has 0 fully saturated rings. The first-order valence-corrected chi connectivity index (χ1v) is 25.4. The minimum atomic E-state index is 0.513. The van der Waals surface area contributed by atoms with Crippen LogP contribution >= 0.6 is 0 Å². The van der Waals surface area contributed by atoms with Gasteiger partial charge in [0.15, 0.2) is 0 Å². The third-order valence-corrected chi connectivity index (χ3v) is 13.8. The predicted molar refractivity (Wildman–Crippen MR) is 303 cm³/mol. The van der Waals surface area contributed by atoms with Crippen molar-refractivity contribution in [1.29, 1.82) is 0 Å². The summed E-state index contributed by atoms with van der Waals surface area (Å²) in [5, 5.41) is 16.8. The molecule has 374 valence electrons. The first-order chi connectivity index (χ1) is 34.9. The van der Waals surface area contributed by atoms with E-state index in [9.17, 15) is 0 Å². The average Bonchev–Trinajstić information content (AvgIpc) is 4.16. The van der Waals surface area contributed by atoms with E-state index in [0.717, 1.165) is 44.5 Å². The number of hydrogen-bond acceptors (Lipinski definition) is 7. The van der Waals surface area contributed by atoms with Crippen LogP contribution in [-0.2, 0) is 28.2 Å². The molecule has 0 aliphatic carbocycles. The van der Waals surface area contributed by atoms with Crippen molar-refractivity contribution in [1.82, 2.24) is 53.8 Å². The van der Waals surface area contributed by atoms with Gasteiger partial charge in [-0.25, -0.2) is 4.98 Å². The smallest absolute Gasteiger partial charge is 0.0955 e. The molecule has 0 spiro atoms. The molecular weight excluding hydrogens is 899 g/mol. The molecule has 11 nitrogen and oxygen atoms in total. The second-order valence-electron chi connectivity index (χ2n) is 20.6. The second kappa shape index (κ2) is 21.9. The normalized spacial score (nSPS) is 11.4. The highest BCUT2D eigenvalue weighted by Gasteiger charge is 2.14. The number of rotatable bonds is 7. The summed E-state index contributed by atoms with van der Waals surface area (Å²) in [6, 6.07) is 32.1. The van der Waals surface area contributed by atoms with E-state index in [1.54, 1.807) is 0 Å². The highest BCUT2D eigenvalue weighted by atomic mass is 15.3. The van der Waals surface area contributed by atoms with Crippen molar-refractivity contribution in [3.8, 4) is 33.8 Å². The number of pyridine rings is 3. The maximum atomic E-state index is 4.54. The number of imidazole rings is 1. The van der Waals surface area contributed by atoms with Gasteiger partial charge in [0, 0.05) is 92.0 Å². The molecule has 7 aromatic heterocycles. The van der Waals surface area contributed by atoms with Gasteiger partial charge in [0.2, 0.25) is 0 Å². The van der Waals surface area contributed by atoms with Crippen molar-refractivity contribution in [2.24, 2.45) is 28.2 Å². The van der Waals surface area contributed by atoms with E-state index in [1.807, 2.05) is 84.1 Å². The fourth-order valence-corrected chi connectivity index (χ4v) is 9.22. The van der Waals surface area contributed by atoms with Gasteiger partial charge in [-0.2, -0.15) is 15.3 Å². The summed E-state index contributed by atoms with van der Waals surface area (Å²) in [5.74, 6) is 2.11. The fourth-order valence-electron chi connectivity index (χ4n) is 9.22. The Kier molecular flexibility index (Phi) is 15.5. The predicted octanol–water partition coefficient (Wildman–Crippen LogP) is 14.9. The summed E-state index contributed by atoms with van der Waals surface area (Å²) in [6.07, 6.45) is 13.6. The maximum Gasteiger partial charge on any atom is 0.0955 e. The standard InChI is InChI=1S/3C17H19N3.C11H14N2/c1-11(2)13-5-6-18-17(9-13)15-8-14-10-20(4)19-16(14)7-12(15)3;1-11(2)13-7-8-18-16(9-13)14-5-6-17-15(12(14)3)10-19-20(17)4;1-11(2)13-7-8-18-17(9-13)14-5-6-16-15(12(14)3)10-20(4)19-16;1-8(2)9-4-5-11-10(6-9)12-7-13(11)3/h3*5-11H,1-4H3;4-8H,1-3H3. The molecule has 0 amide bonds. The van der Waals surface area contributed by atoms with Crippen LogP contribution in [0.25, 0.3) is 77.5 Å². The summed E-state index contributed by atoms with van der Waals surface area (Å²) in [5.41, 5.74) is 21.2. The summed E-state index contributed by atoms with van der Waals surface area (Å²) in [4.78, 5) is 17.9. The molecular formula is C62H71N11. The SMILES string of the molecule is CC(C)c1ccc2c(c1)ncn2C.Cc1c(-c2cc(C(C)C)ccn2)ccc2c1cnn2C.Cc1c(-c2cc(C(C)C)ccn2)ccc2nn(C)cc12.Cc1cc2nn(C)cc2cc1-c1cc(C(C)C)ccn1. The lowest BCUT2D eigenvalue weighted by Gasteiger charge is -2.10. The van der Waals surface area contributed by atoms with Crippen molar-refractivity contribution in [2.75, 3.05) is 0 Å².